The molecule has 1 unspecified atom stereocenters. The molecule has 5 nitrogen and oxygen atoms in total. The van der Waals surface area contributed by atoms with Crippen LogP contribution in [0.2, 0.25) is 0 Å². The Morgan fingerprint density at radius 2 is 1.93 bits per heavy atom. The van der Waals surface area contributed by atoms with Gasteiger partial charge in [0.1, 0.15) is 5.67 Å². The minimum Gasteiger partial charge on any atom is -0.393 e. The van der Waals surface area contributed by atoms with E-state index in [2.05, 4.69) is 5.32 Å². The predicted octanol–water partition coefficient (Wildman–Crippen LogP) is 2.02. The first-order valence-corrected chi connectivity index (χ1v) is 9.62. The second kappa shape index (κ2) is 5.49. The van der Waals surface area contributed by atoms with Gasteiger partial charge >= 0.3 is 0 Å². The summed E-state index contributed by atoms with van der Waals surface area (Å²) >= 11 is 0. The highest BCUT2D eigenvalue weighted by Crippen LogP contribution is 2.64. The third-order valence-corrected chi connectivity index (χ3v) is 6.63. The minimum absolute atomic E-state index is 0.128. The zero-order valence-corrected chi connectivity index (χ0v) is 15.2. The molecule has 1 aromatic carbocycles. The Hall–Kier alpha value is -2.09. The van der Waals surface area contributed by atoms with Gasteiger partial charge in [0.15, 0.2) is 0 Å². The summed E-state index contributed by atoms with van der Waals surface area (Å²) in [7, 11) is 0. The van der Waals surface area contributed by atoms with Gasteiger partial charge < -0.3 is 15.3 Å². The highest BCUT2D eigenvalue weighted by Gasteiger charge is 2.74. The zero-order chi connectivity index (χ0) is 19.9. The quantitative estimate of drug-likeness (QED) is 0.821. The standard InChI is InChI=1S/C20H21F3N2O3/c21-19(3-4-19)11-1-2-14-15(5-11)18(9-20(18,22)23)10-25(17(14)28)8-16(27)24-12-6-13(26)7-12/h1-2,5,12-13,26H,3-4,6-10H2,(H,24,27). The molecule has 3 saturated carbocycles. The van der Waals surface area contributed by atoms with Crippen molar-refractivity contribution in [2.24, 2.45) is 0 Å². The van der Waals surface area contributed by atoms with Gasteiger partial charge in [0, 0.05) is 24.6 Å². The summed E-state index contributed by atoms with van der Waals surface area (Å²) in [6.07, 6.45) is 0.810. The van der Waals surface area contributed by atoms with Gasteiger partial charge in [-0.25, -0.2) is 13.2 Å². The molecule has 150 valence electrons. The summed E-state index contributed by atoms with van der Waals surface area (Å²) in [4.78, 5) is 26.2. The molecule has 1 heterocycles. The van der Waals surface area contributed by atoms with Gasteiger partial charge in [-0.15, -0.1) is 0 Å². The minimum atomic E-state index is -2.99. The van der Waals surface area contributed by atoms with Crippen LogP contribution in [-0.2, 0) is 15.9 Å². The van der Waals surface area contributed by atoms with Gasteiger partial charge in [0.05, 0.1) is 18.1 Å². The van der Waals surface area contributed by atoms with Gasteiger partial charge in [-0.1, -0.05) is 12.1 Å². The molecule has 28 heavy (non-hydrogen) atoms. The number of nitrogens with one attached hydrogen (secondary N) is 1. The summed E-state index contributed by atoms with van der Waals surface area (Å²) in [6, 6.07) is 4.22. The van der Waals surface area contributed by atoms with E-state index < -0.39 is 41.3 Å². The molecule has 3 fully saturated rings. The van der Waals surface area contributed by atoms with E-state index in [4.69, 9.17) is 0 Å². The Bertz CT molecular complexity index is 879. The van der Waals surface area contributed by atoms with Crippen LogP contribution in [0.4, 0.5) is 13.2 Å². The number of aliphatic hydroxyl groups excluding tert-OH is 1. The van der Waals surface area contributed by atoms with Crippen LogP contribution in [0.15, 0.2) is 18.2 Å². The third kappa shape index (κ3) is 2.57. The van der Waals surface area contributed by atoms with Crippen molar-refractivity contribution < 1.29 is 27.9 Å². The Labute approximate surface area is 159 Å². The zero-order valence-electron chi connectivity index (χ0n) is 15.2. The fourth-order valence-electron chi connectivity index (χ4n) is 4.54. The van der Waals surface area contributed by atoms with E-state index in [1.165, 1.54) is 18.2 Å². The first kappa shape index (κ1) is 18.0. The number of halogens is 3. The van der Waals surface area contributed by atoms with Crippen molar-refractivity contribution in [1.29, 1.82) is 0 Å². The molecule has 0 saturated heterocycles. The maximum absolute atomic E-state index is 14.4. The highest BCUT2D eigenvalue weighted by atomic mass is 19.3. The van der Waals surface area contributed by atoms with E-state index in [0.717, 1.165) is 4.90 Å². The number of hydrogen-bond donors (Lipinski definition) is 2. The normalized spacial score (nSPS) is 33.9. The van der Waals surface area contributed by atoms with Crippen molar-refractivity contribution in [3.8, 4) is 0 Å². The van der Waals surface area contributed by atoms with E-state index in [-0.39, 0.29) is 30.3 Å². The maximum Gasteiger partial charge on any atom is 0.260 e. The van der Waals surface area contributed by atoms with Crippen LogP contribution in [0.5, 0.6) is 0 Å². The summed E-state index contributed by atoms with van der Waals surface area (Å²) in [6.45, 7) is -0.563. The Kier molecular flexibility index (Phi) is 3.53. The van der Waals surface area contributed by atoms with Crippen LogP contribution >= 0.6 is 0 Å². The van der Waals surface area contributed by atoms with E-state index >= 15 is 0 Å². The van der Waals surface area contributed by atoms with Crippen LogP contribution in [0, 0.1) is 0 Å². The lowest BCUT2D eigenvalue weighted by Gasteiger charge is -2.36. The monoisotopic (exact) mass is 394 g/mol. The number of benzene rings is 1. The second-order valence-corrected chi connectivity index (χ2v) is 8.74. The second-order valence-electron chi connectivity index (χ2n) is 8.74. The molecule has 1 atom stereocenters. The molecule has 0 aromatic heterocycles. The van der Waals surface area contributed by atoms with E-state index in [0.29, 0.717) is 31.2 Å². The molecule has 5 rings (SSSR count). The van der Waals surface area contributed by atoms with Crippen molar-refractivity contribution >= 4 is 11.8 Å². The average molecular weight is 394 g/mol. The highest BCUT2D eigenvalue weighted by molar-refractivity contribution is 6.00. The average Bonchev–Trinajstić information content (AvgIpc) is 3.47. The number of aliphatic hydroxyl groups is 1. The fraction of sp³-hybridized carbons (Fsp3) is 0.600. The number of carbonyl (C=O) groups excluding carboxylic acids is 2. The van der Waals surface area contributed by atoms with Crippen molar-refractivity contribution in [3.05, 3.63) is 34.9 Å². The fourth-order valence-corrected chi connectivity index (χ4v) is 4.54. The number of hydrogen-bond acceptors (Lipinski definition) is 3. The van der Waals surface area contributed by atoms with E-state index in [1.54, 1.807) is 0 Å². The number of nitrogens with zero attached hydrogens (tertiary/aromatic N) is 1. The molecule has 2 amide bonds. The molecule has 4 aliphatic rings. The molecular weight excluding hydrogens is 373 g/mol. The Morgan fingerprint density at radius 1 is 1.25 bits per heavy atom. The Morgan fingerprint density at radius 3 is 2.50 bits per heavy atom. The van der Waals surface area contributed by atoms with Gasteiger partial charge in [-0.05, 0) is 42.9 Å². The van der Waals surface area contributed by atoms with Gasteiger partial charge in [-0.2, -0.15) is 0 Å². The molecule has 0 bridgehead atoms. The van der Waals surface area contributed by atoms with Crippen molar-refractivity contribution in [2.75, 3.05) is 13.1 Å². The molecular formula is C20H21F3N2O3. The molecule has 1 aliphatic heterocycles. The van der Waals surface area contributed by atoms with Crippen LogP contribution in [0.1, 0.15) is 53.6 Å². The summed E-state index contributed by atoms with van der Waals surface area (Å²) < 4.78 is 43.2. The molecule has 3 aliphatic carbocycles. The molecule has 8 heteroatoms. The summed E-state index contributed by atoms with van der Waals surface area (Å²) in [5.41, 5.74) is -2.31. The summed E-state index contributed by atoms with van der Waals surface area (Å²) in [5.74, 6) is -3.89. The number of alkyl halides is 3. The number of amides is 2. The van der Waals surface area contributed by atoms with Crippen molar-refractivity contribution in [1.82, 2.24) is 10.2 Å². The predicted molar refractivity (Wildman–Crippen MR) is 92.8 cm³/mol. The first-order valence-electron chi connectivity index (χ1n) is 9.62. The van der Waals surface area contributed by atoms with Crippen molar-refractivity contribution in [3.63, 3.8) is 0 Å². The topological polar surface area (TPSA) is 69.6 Å². The summed E-state index contributed by atoms with van der Waals surface area (Å²) in [5, 5.41) is 12.0. The van der Waals surface area contributed by atoms with E-state index in [9.17, 15) is 27.9 Å². The lowest BCUT2D eigenvalue weighted by Crippen LogP contribution is -2.53. The van der Waals surface area contributed by atoms with E-state index in [1.807, 2.05) is 0 Å². The first-order chi connectivity index (χ1) is 13.1. The van der Waals surface area contributed by atoms with Crippen molar-refractivity contribution in [2.45, 2.75) is 61.3 Å². The van der Waals surface area contributed by atoms with Crippen LogP contribution < -0.4 is 5.32 Å². The molecule has 1 aromatic rings. The maximum atomic E-state index is 14.4. The third-order valence-electron chi connectivity index (χ3n) is 6.63. The molecule has 2 N–H and O–H groups in total. The lowest BCUT2D eigenvalue weighted by molar-refractivity contribution is -0.124. The SMILES string of the molecule is O=C(CN1CC2(CC2(F)F)c2cc(C3(F)CC3)ccc2C1=O)NC1CC(O)C1. The van der Waals surface area contributed by atoms with Gasteiger partial charge in [0.25, 0.3) is 11.8 Å². The van der Waals surface area contributed by atoms with Gasteiger partial charge in [-0.3, -0.25) is 9.59 Å². The smallest absolute Gasteiger partial charge is 0.260 e. The number of carbonyl (C=O) groups is 2. The lowest BCUT2D eigenvalue weighted by atomic mass is 9.84. The Balaban J connectivity index is 1.41. The number of rotatable bonds is 4. The van der Waals surface area contributed by atoms with Crippen LogP contribution in [-0.4, -0.2) is 53.0 Å². The van der Waals surface area contributed by atoms with Crippen LogP contribution in [0.3, 0.4) is 0 Å². The largest absolute Gasteiger partial charge is 0.393 e. The van der Waals surface area contributed by atoms with Crippen LogP contribution in [0.25, 0.3) is 0 Å². The number of fused-ring (bicyclic) bond motifs is 2. The molecule has 1 spiro atoms. The van der Waals surface area contributed by atoms with Gasteiger partial charge in [0.2, 0.25) is 5.91 Å². The molecule has 0 radical (unpaired) electrons.